The maximum absolute atomic E-state index is 10.1. The van der Waals surface area contributed by atoms with Crippen LogP contribution in [0.25, 0.3) is 0 Å². The second-order valence-electron chi connectivity index (χ2n) is 5.28. The summed E-state index contributed by atoms with van der Waals surface area (Å²) in [6.07, 6.45) is 5.26. The van der Waals surface area contributed by atoms with E-state index in [2.05, 4.69) is 5.32 Å². The third-order valence-electron chi connectivity index (χ3n) is 3.77. The van der Waals surface area contributed by atoms with Gasteiger partial charge < -0.3 is 15.2 Å². The van der Waals surface area contributed by atoms with Gasteiger partial charge in [-0.15, -0.1) is 0 Å². The van der Waals surface area contributed by atoms with Crippen LogP contribution in [-0.2, 0) is 6.54 Å². The Kier molecular flexibility index (Phi) is 5.85. The highest BCUT2D eigenvalue weighted by Crippen LogP contribution is 2.19. The van der Waals surface area contributed by atoms with Crippen LogP contribution >= 0.6 is 0 Å². The Labute approximate surface area is 120 Å². The average molecular weight is 274 g/mol. The van der Waals surface area contributed by atoms with Gasteiger partial charge in [-0.25, -0.2) is 0 Å². The first-order chi connectivity index (χ1) is 9.79. The molecule has 1 aliphatic carbocycles. The zero-order chi connectivity index (χ0) is 14.2. The molecule has 2 N–H and O–H groups in total. The molecule has 1 saturated carbocycles. The van der Waals surface area contributed by atoms with Crippen molar-refractivity contribution in [2.24, 2.45) is 0 Å². The van der Waals surface area contributed by atoms with Crippen LogP contribution < -0.4 is 10.1 Å². The van der Waals surface area contributed by atoms with Crippen molar-refractivity contribution in [1.29, 1.82) is 5.26 Å². The molecule has 0 heterocycles. The minimum absolute atomic E-state index is 0.0753. The Morgan fingerprint density at radius 1 is 1.20 bits per heavy atom. The van der Waals surface area contributed by atoms with Crippen molar-refractivity contribution in [2.75, 3.05) is 6.61 Å². The van der Waals surface area contributed by atoms with Crippen molar-refractivity contribution in [3.05, 3.63) is 29.8 Å². The highest BCUT2D eigenvalue weighted by atomic mass is 16.5. The van der Waals surface area contributed by atoms with Gasteiger partial charge in [0.2, 0.25) is 0 Å². The lowest BCUT2D eigenvalue weighted by Crippen LogP contribution is -2.38. The van der Waals surface area contributed by atoms with Crippen LogP contribution in [0.5, 0.6) is 5.75 Å². The largest absolute Gasteiger partial charge is 0.479 e. The third-order valence-corrected chi connectivity index (χ3v) is 3.77. The van der Waals surface area contributed by atoms with Gasteiger partial charge in [0.25, 0.3) is 0 Å². The van der Waals surface area contributed by atoms with Crippen LogP contribution in [0.3, 0.4) is 0 Å². The number of nitrogens with one attached hydrogen (secondary N) is 1. The van der Waals surface area contributed by atoms with Crippen LogP contribution in [0.1, 0.15) is 37.7 Å². The molecule has 0 bridgehead atoms. The molecule has 1 aliphatic rings. The van der Waals surface area contributed by atoms with Crippen LogP contribution in [-0.4, -0.2) is 23.9 Å². The van der Waals surface area contributed by atoms with Gasteiger partial charge in [0, 0.05) is 12.6 Å². The van der Waals surface area contributed by atoms with E-state index in [-0.39, 0.29) is 18.8 Å². The van der Waals surface area contributed by atoms with E-state index in [0.717, 1.165) is 31.4 Å². The number of nitrogens with zero attached hydrogens (tertiary/aromatic N) is 1. The molecule has 2 unspecified atom stereocenters. The molecule has 2 atom stereocenters. The summed E-state index contributed by atoms with van der Waals surface area (Å²) in [5.74, 6) is 0.713. The molecular formula is C16H22N2O2. The molecule has 2 rings (SSSR count). The fraction of sp³-hybridized carbons (Fsp3) is 0.562. The van der Waals surface area contributed by atoms with Gasteiger partial charge in [-0.1, -0.05) is 31.4 Å². The maximum Gasteiger partial charge on any atom is 0.174 e. The molecule has 0 spiro atoms. The number of nitriles is 1. The number of ether oxygens (including phenoxy) is 1. The topological polar surface area (TPSA) is 65.3 Å². The highest BCUT2D eigenvalue weighted by molar-refractivity contribution is 5.27. The lowest BCUT2D eigenvalue weighted by Gasteiger charge is -2.21. The van der Waals surface area contributed by atoms with Gasteiger partial charge >= 0.3 is 0 Å². The first-order valence-corrected chi connectivity index (χ1v) is 7.30. The van der Waals surface area contributed by atoms with Gasteiger partial charge in [0.15, 0.2) is 6.61 Å². The van der Waals surface area contributed by atoms with E-state index in [9.17, 15) is 5.11 Å². The molecule has 4 nitrogen and oxygen atoms in total. The first-order valence-electron chi connectivity index (χ1n) is 7.30. The van der Waals surface area contributed by atoms with E-state index in [4.69, 9.17) is 10.00 Å². The molecular weight excluding hydrogens is 252 g/mol. The summed E-state index contributed by atoms with van der Waals surface area (Å²) in [6, 6.07) is 9.87. The fourth-order valence-electron chi connectivity index (χ4n) is 2.59. The normalized spacial score (nSPS) is 22.8. The summed E-state index contributed by atoms with van der Waals surface area (Å²) < 4.78 is 5.22. The molecule has 1 aromatic carbocycles. The molecule has 1 fully saturated rings. The van der Waals surface area contributed by atoms with Crippen molar-refractivity contribution in [3.63, 3.8) is 0 Å². The summed E-state index contributed by atoms with van der Waals surface area (Å²) in [7, 11) is 0. The van der Waals surface area contributed by atoms with Gasteiger partial charge in [0.1, 0.15) is 11.8 Å². The zero-order valence-corrected chi connectivity index (χ0v) is 11.7. The standard InChI is InChI=1S/C16H22N2O2/c17-10-11-20-14-8-6-13(7-9-14)12-18-15-4-2-1-3-5-16(15)19/h6-9,15-16,18-19H,1-5,11-12H2. The van der Waals surface area contributed by atoms with Crippen LogP contribution in [0.15, 0.2) is 24.3 Å². The Morgan fingerprint density at radius 3 is 2.70 bits per heavy atom. The Balaban J connectivity index is 1.82. The van der Waals surface area contributed by atoms with Crippen molar-refractivity contribution >= 4 is 0 Å². The van der Waals surface area contributed by atoms with E-state index in [1.807, 2.05) is 30.3 Å². The summed E-state index contributed by atoms with van der Waals surface area (Å²) in [5.41, 5.74) is 1.16. The maximum atomic E-state index is 10.1. The highest BCUT2D eigenvalue weighted by Gasteiger charge is 2.20. The number of benzene rings is 1. The van der Waals surface area contributed by atoms with Crippen molar-refractivity contribution in [2.45, 2.75) is 50.8 Å². The number of rotatable bonds is 5. The number of aliphatic hydroxyl groups is 1. The van der Waals surface area contributed by atoms with Gasteiger partial charge in [-0.05, 0) is 30.5 Å². The van der Waals surface area contributed by atoms with Crippen LogP contribution in [0.4, 0.5) is 0 Å². The zero-order valence-electron chi connectivity index (χ0n) is 11.7. The minimum Gasteiger partial charge on any atom is -0.479 e. The molecule has 0 amide bonds. The van der Waals surface area contributed by atoms with E-state index in [1.54, 1.807) is 0 Å². The number of aliphatic hydroxyl groups excluding tert-OH is 1. The Morgan fingerprint density at radius 2 is 1.95 bits per heavy atom. The molecule has 1 aromatic rings. The lowest BCUT2D eigenvalue weighted by molar-refractivity contribution is 0.119. The monoisotopic (exact) mass is 274 g/mol. The second-order valence-corrected chi connectivity index (χ2v) is 5.28. The van der Waals surface area contributed by atoms with E-state index in [1.165, 1.54) is 12.8 Å². The molecule has 0 saturated heterocycles. The Hall–Kier alpha value is -1.57. The smallest absolute Gasteiger partial charge is 0.174 e. The van der Waals surface area contributed by atoms with Crippen LogP contribution in [0, 0.1) is 11.3 Å². The molecule has 108 valence electrons. The number of hydrogen-bond acceptors (Lipinski definition) is 4. The van der Waals surface area contributed by atoms with Gasteiger partial charge in [0.05, 0.1) is 6.10 Å². The fourth-order valence-corrected chi connectivity index (χ4v) is 2.59. The van der Waals surface area contributed by atoms with Crippen molar-refractivity contribution in [1.82, 2.24) is 5.32 Å². The van der Waals surface area contributed by atoms with Crippen molar-refractivity contribution < 1.29 is 9.84 Å². The number of hydrogen-bond donors (Lipinski definition) is 2. The van der Waals surface area contributed by atoms with E-state index < -0.39 is 0 Å². The molecule has 0 aromatic heterocycles. The third kappa shape index (κ3) is 4.52. The van der Waals surface area contributed by atoms with E-state index in [0.29, 0.717) is 5.75 Å². The van der Waals surface area contributed by atoms with Gasteiger partial charge in [-0.3, -0.25) is 0 Å². The second kappa shape index (κ2) is 7.88. The molecule has 0 radical (unpaired) electrons. The first kappa shape index (κ1) is 14.8. The predicted molar refractivity (Wildman–Crippen MR) is 77.3 cm³/mol. The van der Waals surface area contributed by atoms with Crippen LogP contribution in [0.2, 0.25) is 0 Å². The quantitative estimate of drug-likeness (QED) is 0.809. The average Bonchev–Trinajstić information content (AvgIpc) is 2.68. The van der Waals surface area contributed by atoms with Gasteiger partial charge in [-0.2, -0.15) is 5.26 Å². The minimum atomic E-state index is -0.226. The van der Waals surface area contributed by atoms with Crippen molar-refractivity contribution in [3.8, 4) is 11.8 Å². The molecule has 20 heavy (non-hydrogen) atoms. The molecule has 0 aliphatic heterocycles. The molecule has 4 heteroatoms. The predicted octanol–water partition coefficient (Wildman–Crippen LogP) is 2.37. The summed E-state index contributed by atoms with van der Waals surface area (Å²) in [6.45, 7) is 0.826. The Bertz CT molecular complexity index is 439. The summed E-state index contributed by atoms with van der Waals surface area (Å²) >= 11 is 0. The lowest BCUT2D eigenvalue weighted by atomic mass is 10.1. The SMILES string of the molecule is N#CCOc1ccc(CNC2CCCCCC2O)cc1. The summed E-state index contributed by atoms with van der Waals surface area (Å²) in [5, 5.41) is 22.0. The summed E-state index contributed by atoms with van der Waals surface area (Å²) in [4.78, 5) is 0. The van der Waals surface area contributed by atoms with E-state index >= 15 is 0 Å².